The highest BCUT2D eigenvalue weighted by Gasteiger charge is 2.03. The van der Waals surface area contributed by atoms with Crippen LogP contribution in [0.4, 0.5) is 5.69 Å². The fraction of sp³-hybridized carbons (Fsp3) is 0.417. The summed E-state index contributed by atoms with van der Waals surface area (Å²) < 4.78 is 1.05. The monoisotopic (exact) mass is 316 g/mol. The highest BCUT2D eigenvalue weighted by Crippen LogP contribution is 2.20. The number of carbonyl (C=O) groups excluding carboxylic acids is 1. The molecule has 0 aliphatic carbocycles. The van der Waals surface area contributed by atoms with E-state index < -0.39 is 0 Å². The van der Waals surface area contributed by atoms with Gasteiger partial charge in [0, 0.05) is 10.2 Å². The van der Waals surface area contributed by atoms with Gasteiger partial charge in [0.1, 0.15) is 0 Å². The maximum atomic E-state index is 11.6. The molecule has 0 heterocycles. The fourth-order valence-electron chi connectivity index (χ4n) is 1.27. The quantitative estimate of drug-likeness (QED) is 0.793. The first kappa shape index (κ1) is 14.5. The third-order valence-corrected chi connectivity index (χ3v) is 4.10. The number of anilines is 1. The number of hydrogen-bond acceptors (Lipinski definition) is 3. The predicted molar refractivity (Wildman–Crippen MR) is 78.5 cm³/mol. The summed E-state index contributed by atoms with van der Waals surface area (Å²) in [5.41, 5.74) is 7.33. The first-order chi connectivity index (χ1) is 8.13. The average molecular weight is 317 g/mol. The van der Waals surface area contributed by atoms with E-state index in [1.807, 2.05) is 25.1 Å². The zero-order valence-corrected chi connectivity index (χ0v) is 12.2. The molecule has 0 radical (unpaired) electrons. The van der Waals surface area contributed by atoms with Crippen LogP contribution in [-0.2, 0) is 4.79 Å². The van der Waals surface area contributed by atoms with Gasteiger partial charge in [-0.2, -0.15) is 11.8 Å². The van der Waals surface area contributed by atoms with E-state index in [4.69, 9.17) is 5.73 Å². The normalized spacial score (nSPS) is 10.3. The van der Waals surface area contributed by atoms with Crippen LogP contribution >= 0.6 is 27.7 Å². The molecule has 0 saturated heterocycles. The van der Waals surface area contributed by atoms with Gasteiger partial charge in [0.05, 0.1) is 5.75 Å². The molecular weight excluding hydrogens is 300 g/mol. The molecule has 1 rings (SSSR count). The van der Waals surface area contributed by atoms with Crippen molar-refractivity contribution < 1.29 is 4.79 Å². The van der Waals surface area contributed by atoms with E-state index in [9.17, 15) is 4.79 Å². The lowest BCUT2D eigenvalue weighted by Gasteiger charge is -2.06. The van der Waals surface area contributed by atoms with Crippen LogP contribution in [0, 0.1) is 6.92 Å². The minimum atomic E-state index is 0.0359. The summed E-state index contributed by atoms with van der Waals surface area (Å²) in [6.07, 6.45) is 0.954. The molecule has 0 aromatic heterocycles. The molecule has 5 heteroatoms. The maximum absolute atomic E-state index is 11.6. The molecule has 94 valence electrons. The van der Waals surface area contributed by atoms with Crippen molar-refractivity contribution in [2.75, 3.05) is 23.4 Å². The van der Waals surface area contributed by atoms with Crippen LogP contribution in [-0.4, -0.2) is 24.0 Å². The number of halogens is 1. The topological polar surface area (TPSA) is 55.1 Å². The standard InChI is InChI=1S/C12H17BrN2OS/c1-9-7-10(3-4-11(9)13)15-12(16)8-17-6-2-5-14/h3-4,7H,2,5-6,8,14H2,1H3,(H,15,16). The molecular formula is C12H17BrN2OS. The van der Waals surface area contributed by atoms with E-state index in [2.05, 4.69) is 21.2 Å². The van der Waals surface area contributed by atoms with Crippen LogP contribution in [0.3, 0.4) is 0 Å². The molecule has 0 bridgehead atoms. The minimum absolute atomic E-state index is 0.0359. The van der Waals surface area contributed by atoms with Gasteiger partial charge in [-0.3, -0.25) is 4.79 Å². The number of amides is 1. The van der Waals surface area contributed by atoms with Crippen LogP contribution in [0.25, 0.3) is 0 Å². The summed E-state index contributed by atoms with van der Waals surface area (Å²) in [6.45, 7) is 2.68. The number of benzene rings is 1. The van der Waals surface area contributed by atoms with Crippen molar-refractivity contribution in [1.29, 1.82) is 0 Å². The number of rotatable bonds is 6. The van der Waals surface area contributed by atoms with Crippen molar-refractivity contribution in [1.82, 2.24) is 0 Å². The van der Waals surface area contributed by atoms with Gasteiger partial charge in [0.2, 0.25) is 5.91 Å². The number of hydrogen-bond donors (Lipinski definition) is 2. The molecule has 0 atom stereocenters. The van der Waals surface area contributed by atoms with Crippen molar-refractivity contribution >= 4 is 39.3 Å². The zero-order chi connectivity index (χ0) is 12.7. The lowest BCUT2D eigenvalue weighted by atomic mass is 10.2. The van der Waals surface area contributed by atoms with E-state index >= 15 is 0 Å². The van der Waals surface area contributed by atoms with Gasteiger partial charge in [0.25, 0.3) is 0 Å². The number of aryl methyl sites for hydroxylation is 1. The van der Waals surface area contributed by atoms with Gasteiger partial charge in [-0.25, -0.2) is 0 Å². The van der Waals surface area contributed by atoms with E-state index in [0.29, 0.717) is 12.3 Å². The maximum Gasteiger partial charge on any atom is 0.234 e. The van der Waals surface area contributed by atoms with Gasteiger partial charge in [-0.05, 0) is 49.4 Å². The second-order valence-electron chi connectivity index (χ2n) is 3.71. The van der Waals surface area contributed by atoms with Crippen LogP contribution in [0.2, 0.25) is 0 Å². The Morgan fingerprint density at radius 3 is 2.94 bits per heavy atom. The largest absolute Gasteiger partial charge is 0.330 e. The smallest absolute Gasteiger partial charge is 0.234 e. The van der Waals surface area contributed by atoms with Crippen molar-refractivity contribution in [3.05, 3.63) is 28.2 Å². The summed E-state index contributed by atoms with van der Waals surface area (Å²) in [6, 6.07) is 5.78. The molecule has 1 aromatic carbocycles. The Kier molecular flexibility index (Phi) is 6.62. The number of thioether (sulfide) groups is 1. The van der Waals surface area contributed by atoms with Gasteiger partial charge in [-0.1, -0.05) is 15.9 Å². The zero-order valence-electron chi connectivity index (χ0n) is 9.83. The summed E-state index contributed by atoms with van der Waals surface area (Å²) >= 11 is 5.04. The Labute approximate surface area is 115 Å². The summed E-state index contributed by atoms with van der Waals surface area (Å²) in [4.78, 5) is 11.6. The molecule has 0 saturated carbocycles. The van der Waals surface area contributed by atoms with Crippen molar-refractivity contribution in [3.63, 3.8) is 0 Å². The molecule has 17 heavy (non-hydrogen) atoms. The highest BCUT2D eigenvalue weighted by molar-refractivity contribution is 9.10. The van der Waals surface area contributed by atoms with Crippen molar-refractivity contribution in [3.8, 4) is 0 Å². The molecule has 0 aliphatic heterocycles. The van der Waals surface area contributed by atoms with Gasteiger partial charge < -0.3 is 11.1 Å². The Morgan fingerprint density at radius 2 is 2.29 bits per heavy atom. The number of nitrogens with two attached hydrogens (primary N) is 1. The van der Waals surface area contributed by atoms with Gasteiger partial charge >= 0.3 is 0 Å². The lowest BCUT2D eigenvalue weighted by Crippen LogP contribution is -2.14. The molecule has 0 aliphatic rings. The van der Waals surface area contributed by atoms with Crippen LogP contribution in [0.1, 0.15) is 12.0 Å². The minimum Gasteiger partial charge on any atom is -0.330 e. The molecule has 3 nitrogen and oxygen atoms in total. The molecule has 0 spiro atoms. The van der Waals surface area contributed by atoms with Gasteiger partial charge in [-0.15, -0.1) is 0 Å². The summed E-state index contributed by atoms with van der Waals surface area (Å²) in [5.74, 6) is 1.45. The second kappa shape index (κ2) is 7.74. The Morgan fingerprint density at radius 1 is 1.53 bits per heavy atom. The Balaban J connectivity index is 2.37. The fourth-order valence-corrected chi connectivity index (χ4v) is 2.29. The first-order valence-electron chi connectivity index (χ1n) is 5.47. The first-order valence-corrected chi connectivity index (χ1v) is 7.42. The van der Waals surface area contributed by atoms with Crippen LogP contribution in [0.5, 0.6) is 0 Å². The number of carbonyl (C=O) groups is 1. The second-order valence-corrected chi connectivity index (χ2v) is 5.67. The highest BCUT2D eigenvalue weighted by atomic mass is 79.9. The van der Waals surface area contributed by atoms with Gasteiger partial charge in [0.15, 0.2) is 0 Å². The van der Waals surface area contributed by atoms with Crippen LogP contribution in [0.15, 0.2) is 22.7 Å². The average Bonchev–Trinajstić information content (AvgIpc) is 2.30. The molecule has 0 unspecified atom stereocenters. The van der Waals surface area contributed by atoms with E-state index in [1.165, 1.54) is 0 Å². The summed E-state index contributed by atoms with van der Waals surface area (Å²) in [5, 5.41) is 2.88. The lowest BCUT2D eigenvalue weighted by molar-refractivity contribution is -0.113. The van der Waals surface area contributed by atoms with E-state index in [-0.39, 0.29) is 5.91 Å². The number of nitrogens with one attached hydrogen (secondary N) is 1. The third kappa shape index (κ3) is 5.57. The molecule has 0 fully saturated rings. The predicted octanol–water partition coefficient (Wildman–Crippen LogP) is 2.78. The summed E-state index contributed by atoms with van der Waals surface area (Å²) in [7, 11) is 0. The van der Waals surface area contributed by atoms with E-state index in [1.54, 1.807) is 11.8 Å². The Bertz CT molecular complexity index is 385. The van der Waals surface area contributed by atoms with Crippen molar-refractivity contribution in [2.24, 2.45) is 5.73 Å². The molecule has 1 aromatic rings. The Hall–Kier alpha value is -0.520. The van der Waals surface area contributed by atoms with E-state index in [0.717, 1.165) is 27.9 Å². The van der Waals surface area contributed by atoms with Crippen molar-refractivity contribution in [2.45, 2.75) is 13.3 Å². The molecule has 3 N–H and O–H groups in total. The van der Waals surface area contributed by atoms with Crippen LogP contribution < -0.4 is 11.1 Å². The third-order valence-electron chi connectivity index (χ3n) is 2.17. The SMILES string of the molecule is Cc1cc(NC(=O)CSCCCN)ccc1Br. The molecule has 1 amide bonds.